The zero-order valence-electron chi connectivity index (χ0n) is 10.8. The fourth-order valence-electron chi connectivity index (χ4n) is 3.13. The monoisotopic (exact) mass is 298 g/mol. The van der Waals surface area contributed by atoms with Crippen molar-refractivity contribution in [1.82, 2.24) is 0 Å². The summed E-state index contributed by atoms with van der Waals surface area (Å²) in [7, 11) is -5.53. The van der Waals surface area contributed by atoms with E-state index in [0.29, 0.717) is 12.3 Å². The van der Waals surface area contributed by atoms with Crippen LogP contribution in [0.2, 0.25) is 0 Å². The smallest absolute Gasteiger partial charge is 0.381 e. The van der Waals surface area contributed by atoms with Gasteiger partial charge >= 0.3 is 15.6 Å². The van der Waals surface area contributed by atoms with Crippen LogP contribution in [0.3, 0.4) is 0 Å². The zero-order valence-corrected chi connectivity index (χ0v) is 11.6. The lowest BCUT2D eigenvalue weighted by Gasteiger charge is -2.38. The second-order valence-electron chi connectivity index (χ2n) is 5.74. The average Bonchev–Trinajstić information content (AvgIpc) is 2.54. The van der Waals surface area contributed by atoms with Gasteiger partial charge in [-0.3, -0.25) is 0 Å². The number of rotatable bonds is 2. The Morgan fingerprint density at radius 3 is 2.58 bits per heavy atom. The molecular formula is C12H17F3O3S. The summed E-state index contributed by atoms with van der Waals surface area (Å²) in [6.45, 7) is 4.24. The van der Waals surface area contributed by atoms with Crippen molar-refractivity contribution >= 4 is 10.1 Å². The molecule has 0 N–H and O–H groups in total. The lowest BCUT2D eigenvalue weighted by molar-refractivity contribution is -0.0527. The van der Waals surface area contributed by atoms with Crippen molar-refractivity contribution in [3.63, 3.8) is 0 Å². The van der Waals surface area contributed by atoms with Gasteiger partial charge in [0.25, 0.3) is 0 Å². The van der Waals surface area contributed by atoms with Crippen LogP contribution in [-0.4, -0.2) is 13.9 Å². The Bertz CT molecular complexity index is 495. The van der Waals surface area contributed by atoms with Gasteiger partial charge < -0.3 is 4.18 Å². The molecule has 0 amide bonds. The van der Waals surface area contributed by atoms with Crippen LogP contribution in [0.25, 0.3) is 0 Å². The molecule has 1 fully saturated rings. The van der Waals surface area contributed by atoms with E-state index in [-0.39, 0.29) is 23.5 Å². The van der Waals surface area contributed by atoms with Crippen molar-refractivity contribution in [2.45, 2.75) is 45.0 Å². The molecule has 19 heavy (non-hydrogen) atoms. The van der Waals surface area contributed by atoms with Crippen LogP contribution < -0.4 is 0 Å². The van der Waals surface area contributed by atoms with Crippen LogP contribution in [0, 0.1) is 17.3 Å². The largest absolute Gasteiger partial charge is 0.534 e. The van der Waals surface area contributed by atoms with E-state index in [1.807, 2.05) is 0 Å². The van der Waals surface area contributed by atoms with Gasteiger partial charge in [0.2, 0.25) is 0 Å². The summed E-state index contributed by atoms with van der Waals surface area (Å²) in [5.74, 6) is 0.634. The van der Waals surface area contributed by atoms with E-state index in [1.165, 1.54) is 6.08 Å². The van der Waals surface area contributed by atoms with Gasteiger partial charge in [-0.15, -0.1) is 0 Å². The number of fused-ring (bicyclic) bond motifs is 1. The number of hydrogen-bond acceptors (Lipinski definition) is 3. The maximum absolute atomic E-state index is 12.3. The lowest BCUT2D eigenvalue weighted by Crippen LogP contribution is -2.32. The van der Waals surface area contributed by atoms with Crippen LogP contribution in [0.15, 0.2) is 11.8 Å². The standard InChI is InChI=1S/C12H17F3O3S/c1-8-3-4-9-7-10(5-6-11(8,9)2)18-19(16,17)12(13,14)15/h5,8-9H,3-4,6-7H2,1-2H3/t8-,9-,11+/m0/s1. The first-order chi connectivity index (χ1) is 8.56. The van der Waals surface area contributed by atoms with Crippen LogP contribution in [0.5, 0.6) is 0 Å². The first-order valence-electron chi connectivity index (χ1n) is 6.26. The predicted octanol–water partition coefficient (Wildman–Crippen LogP) is 3.58. The Morgan fingerprint density at radius 1 is 1.37 bits per heavy atom. The van der Waals surface area contributed by atoms with Crippen molar-refractivity contribution in [2.75, 3.05) is 0 Å². The van der Waals surface area contributed by atoms with Crippen LogP contribution in [-0.2, 0) is 14.3 Å². The number of allylic oxidation sites excluding steroid dienone is 2. The van der Waals surface area contributed by atoms with Gasteiger partial charge in [-0.1, -0.05) is 13.8 Å². The summed E-state index contributed by atoms with van der Waals surface area (Å²) in [4.78, 5) is 0. The molecule has 3 atom stereocenters. The van der Waals surface area contributed by atoms with E-state index in [4.69, 9.17) is 0 Å². The van der Waals surface area contributed by atoms with Gasteiger partial charge in [-0.25, -0.2) is 0 Å². The van der Waals surface area contributed by atoms with Gasteiger partial charge in [-0.2, -0.15) is 21.6 Å². The second-order valence-corrected chi connectivity index (χ2v) is 7.28. The molecule has 0 spiro atoms. The highest BCUT2D eigenvalue weighted by atomic mass is 32.2. The van der Waals surface area contributed by atoms with Gasteiger partial charge in [-0.05, 0) is 42.6 Å². The van der Waals surface area contributed by atoms with Crippen LogP contribution >= 0.6 is 0 Å². The topological polar surface area (TPSA) is 43.4 Å². The van der Waals surface area contributed by atoms with Crippen molar-refractivity contribution in [1.29, 1.82) is 0 Å². The Kier molecular flexibility index (Phi) is 3.40. The maximum Gasteiger partial charge on any atom is 0.534 e. The molecule has 0 heterocycles. The molecule has 0 saturated heterocycles. The molecule has 0 radical (unpaired) electrons. The SMILES string of the molecule is C[C@H]1CC[C@H]2CC(OS(=O)(=O)C(F)(F)F)=CC[C@@]21C. The molecular weight excluding hydrogens is 281 g/mol. The summed E-state index contributed by atoms with van der Waals surface area (Å²) in [6.07, 6.45) is 4.28. The zero-order chi connectivity index (χ0) is 14.5. The first kappa shape index (κ1) is 14.7. The van der Waals surface area contributed by atoms with Gasteiger partial charge in [0, 0.05) is 6.42 Å². The van der Waals surface area contributed by atoms with E-state index in [0.717, 1.165) is 12.8 Å². The minimum atomic E-state index is -5.53. The molecule has 2 rings (SSSR count). The summed E-state index contributed by atoms with van der Waals surface area (Å²) >= 11 is 0. The summed E-state index contributed by atoms with van der Waals surface area (Å²) < 4.78 is 62.9. The van der Waals surface area contributed by atoms with Crippen molar-refractivity contribution in [2.24, 2.45) is 17.3 Å². The normalized spacial score (nSPS) is 35.7. The van der Waals surface area contributed by atoms with Gasteiger partial charge in [0.15, 0.2) is 0 Å². The second kappa shape index (κ2) is 4.40. The molecule has 7 heteroatoms. The minimum absolute atomic E-state index is 0.0505. The molecule has 0 aromatic carbocycles. The summed E-state index contributed by atoms with van der Waals surface area (Å²) in [5.41, 5.74) is -5.31. The third-order valence-corrected chi connectivity index (χ3v) is 5.72. The fraction of sp³-hybridized carbons (Fsp3) is 0.833. The fourth-order valence-corrected chi connectivity index (χ4v) is 3.64. The number of hydrogen-bond donors (Lipinski definition) is 0. The Balaban J connectivity index is 2.14. The van der Waals surface area contributed by atoms with Gasteiger partial charge in [0.1, 0.15) is 5.76 Å². The number of halogens is 3. The molecule has 0 aliphatic heterocycles. The molecule has 2 aliphatic rings. The number of alkyl halides is 3. The van der Waals surface area contributed by atoms with E-state index < -0.39 is 15.6 Å². The lowest BCUT2D eigenvalue weighted by atomic mass is 9.68. The molecule has 110 valence electrons. The maximum atomic E-state index is 12.3. The molecule has 0 bridgehead atoms. The quantitative estimate of drug-likeness (QED) is 0.578. The highest BCUT2D eigenvalue weighted by molar-refractivity contribution is 7.87. The molecule has 0 aromatic heterocycles. The molecule has 1 saturated carbocycles. The first-order valence-corrected chi connectivity index (χ1v) is 7.67. The Hall–Kier alpha value is -0.720. The van der Waals surface area contributed by atoms with E-state index >= 15 is 0 Å². The third-order valence-electron chi connectivity index (χ3n) is 4.72. The Morgan fingerprint density at radius 2 is 2.00 bits per heavy atom. The third kappa shape index (κ3) is 2.49. The molecule has 0 unspecified atom stereocenters. The summed E-state index contributed by atoms with van der Waals surface area (Å²) in [6, 6.07) is 0. The van der Waals surface area contributed by atoms with Crippen LogP contribution in [0.1, 0.15) is 39.5 Å². The molecule has 0 aromatic rings. The molecule has 3 nitrogen and oxygen atoms in total. The highest BCUT2D eigenvalue weighted by Gasteiger charge is 2.51. The molecule has 2 aliphatic carbocycles. The van der Waals surface area contributed by atoms with Crippen molar-refractivity contribution in [3.05, 3.63) is 11.8 Å². The van der Waals surface area contributed by atoms with E-state index in [1.54, 1.807) is 0 Å². The van der Waals surface area contributed by atoms with E-state index in [2.05, 4.69) is 18.0 Å². The average molecular weight is 298 g/mol. The van der Waals surface area contributed by atoms with Gasteiger partial charge in [0.05, 0.1) is 0 Å². The highest BCUT2D eigenvalue weighted by Crippen LogP contribution is 2.55. The Labute approximate surface area is 110 Å². The van der Waals surface area contributed by atoms with Crippen molar-refractivity contribution < 1.29 is 25.8 Å². The van der Waals surface area contributed by atoms with Crippen molar-refractivity contribution in [3.8, 4) is 0 Å². The predicted molar refractivity (Wildman–Crippen MR) is 63.4 cm³/mol. The summed E-state index contributed by atoms with van der Waals surface area (Å²) in [5, 5.41) is 0. The van der Waals surface area contributed by atoms with Crippen LogP contribution in [0.4, 0.5) is 13.2 Å². The van der Waals surface area contributed by atoms with E-state index in [9.17, 15) is 21.6 Å². The minimum Gasteiger partial charge on any atom is -0.381 e.